The van der Waals surface area contributed by atoms with Crippen LogP contribution in [0, 0.1) is 5.92 Å². The van der Waals surface area contributed by atoms with E-state index in [0.717, 1.165) is 18.6 Å². The molecule has 158 valence electrons. The van der Waals surface area contributed by atoms with Gasteiger partial charge >= 0.3 is 0 Å². The minimum absolute atomic E-state index is 0.0879. The van der Waals surface area contributed by atoms with Crippen molar-refractivity contribution in [2.75, 3.05) is 33.7 Å². The lowest BCUT2D eigenvalue weighted by atomic mass is 10.0. The number of furan rings is 1. The summed E-state index contributed by atoms with van der Waals surface area (Å²) in [5.74, 6) is 1.08. The smallest absolute Gasteiger partial charge is 0.251 e. The second kappa shape index (κ2) is 9.11. The van der Waals surface area contributed by atoms with Gasteiger partial charge in [0.25, 0.3) is 5.91 Å². The molecule has 0 saturated carbocycles. The van der Waals surface area contributed by atoms with Crippen LogP contribution in [0.25, 0.3) is 0 Å². The molecular formula is C21H29N3O4S. The van der Waals surface area contributed by atoms with E-state index in [-0.39, 0.29) is 16.8 Å². The van der Waals surface area contributed by atoms with Gasteiger partial charge in [0.15, 0.2) is 0 Å². The third-order valence-electron chi connectivity index (χ3n) is 5.45. The molecule has 8 heteroatoms. The molecule has 29 heavy (non-hydrogen) atoms. The minimum Gasteiger partial charge on any atom is -0.468 e. The number of nitrogens with one attached hydrogen (secondary N) is 1. The van der Waals surface area contributed by atoms with Crippen molar-refractivity contribution in [3.05, 3.63) is 54.0 Å². The van der Waals surface area contributed by atoms with Crippen LogP contribution in [-0.4, -0.2) is 57.3 Å². The number of sulfonamides is 1. The van der Waals surface area contributed by atoms with Gasteiger partial charge in [0.1, 0.15) is 5.76 Å². The molecule has 0 spiro atoms. The molecule has 1 aliphatic rings. The van der Waals surface area contributed by atoms with Crippen LogP contribution in [0.3, 0.4) is 0 Å². The van der Waals surface area contributed by atoms with Crippen LogP contribution in [0.2, 0.25) is 0 Å². The van der Waals surface area contributed by atoms with Crippen LogP contribution in [0.5, 0.6) is 0 Å². The van der Waals surface area contributed by atoms with Gasteiger partial charge in [-0.05, 0) is 69.3 Å². The summed E-state index contributed by atoms with van der Waals surface area (Å²) < 4.78 is 32.6. The first-order valence-electron chi connectivity index (χ1n) is 9.87. The Labute approximate surface area is 172 Å². The number of carbonyl (C=O) groups excluding carboxylic acids is 1. The summed E-state index contributed by atoms with van der Waals surface area (Å²) in [4.78, 5) is 14.7. The molecule has 1 aromatic carbocycles. The molecule has 1 fully saturated rings. The quantitative estimate of drug-likeness (QED) is 0.746. The Bertz CT molecular complexity index is 900. The third-order valence-corrected chi connectivity index (χ3v) is 7.36. The summed E-state index contributed by atoms with van der Waals surface area (Å²) in [5, 5.41) is 2.89. The fourth-order valence-corrected chi connectivity index (χ4v) is 4.93. The molecule has 1 atom stereocenters. The van der Waals surface area contributed by atoms with Crippen molar-refractivity contribution >= 4 is 15.9 Å². The molecular weight excluding hydrogens is 390 g/mol. The number of amides is 1. The Morgan fingerprint density at radius 1 is 1.21 bits per heavy atom. The van der Waals surface area contributed by atoms with Crippen molar-refractivity contribution in [1.29, 1.82) is 0 Å². The topological polar surface area (TPSA) is 82.9 Å². The maximum Gasteiger partial charge on any atom is 0.251 e. The fourth-order valence-electron chi connectivity index (χ4n) is 3.46. The average molecular weight is 420 g/mol. The average Bonchev–Trinajstić information content (AvgIpc) is 3.22. The Morgan fingerprint density at radius 3 is 2.41 bits per heavy atom. The van der Waals surface area contributed by atoms with E-state index in [9.17, 15) is 13.2 Å². The minimum atomic E-state index is -3.51. The molecule has 0 radical (unpaired) electrons. The van der Waals surface area contributed by atoms with Crippen molar-refractivity contribution in [1.82, 2.24) is 14.5 Å². The number of hydrogen-bond donors (Lipinski definition) is 1. The number of likely N-dealkylation sites (N-methyl/N-ethyl adjacent to an activating group) is 1. The second-order valence-corrected chi connectivity index (χ2v) is 9.75. The van der Waals surface area contributed by atoms with Gasteiger partial charge in [-0.1, -0.05) is 6.92 Å². The largest absolute Gasteiger partial charge is 0.468 e. The van der Waals surface area contributed by atoms with E-state index in [0.29, 0.717) is 31.1 Å². The summed E-state index contributed by atoms with van der Waals surface area (Å²) in [6, 6.07) is 9.75. The fraction of sp³-hybridized carbons (Fsp3) is 0.476. The number of nitrogens with zero attached hydrogens (tertiary/aromatic N) is 2. The number of benzene rings is 1. The van der Waals surface area contributed by atoms with Gasteiger partial charge in [-0.3, -0.25) is 9.69 Å². The van der Waals surface area contributed by atoms with Crippen molar-refractivity contribution in [3.63, 3.8) is 0 Å². The van der Waals surface area contributed by atoms with Crippen molar-refractivity contribution < 1.29 is 17.6 Å². The highest BCUT2D eigenvalue weighted by Gasteiger charge is 2.28. The molecule has 1 aromatic heterocycles. The van der Waals surface area contributed by atoms with Crippen molar-refractivity contribution in [3.8, 4) is 0 Å². The van der Waals surface area contributed by atoms with E-state index in [1.54, 1.807) is 18.4 Å². The van der Waals surface area contributed by atoms with E-state index in [2.05, 4.69) is 12.2 Å². The van der Waals surface area contributed by atoms with Gasteiger partial charge in [-0.2, -0.15) is 4.31 Å². The van der Waals surface area contributed by atoms with Crippen LogP contribution in [0.1, 0.15) is 41.9 Å². The summed E-state index contributed by atoms with van der Waals surface area (Å²) in [5.41, 5.74) is 0.424. The number of piperidine rings is 1. The standard InChI is InChI=1S/C21H29N3O4S/c1-16-10-12-24(13-11-16)29(26,27)18-8-6-17(7-9-18)21(25)22-15-19(23(2)3)20-5-4-14-28-20/h4-9,14,16,19H,10-13,15H2,1-3H3,(H,22,25)/t19-/m0/s1. The Hall–Kier alpha value is -2.16. The molecule has 1 aliphatic heterocycles. The van der Waals surface area contributed by atoms with E-state index in [1.165, 1.54) is 16.4 Å². The van der Waals surface area contributed by atoms with Gasteiger partial charge < -0.3 is 9.73 Å². The van der Waals surface area contributed by atoms with Crippen LogP contribution >= 0.6 is 0 Å². The lowest BCUT2D eigenvalue weighted by molar-refractivity contribution is 0.0939. The summed E-state index contributed by atoms with van der Waals surface area (Å²) in [6.45, 7) is 3.62. The molecule has 1 saturated heterocycles. The van der Waals surface area contributed by atoms with E-state index >= 15 is 0 Å². The highest BCUT2D eigenvalue weighted by Crippen LogP contribution is 2.24. The first-order chi connectivity index (χ1) is 13.8. The Kier molecular flexibility index (Phi) is 6.77. The maximum absolute atomic E-state index is 12.8. The van der Waals surface area contributed by atoms with Gasteiger partial charge in [-0.25, -0.2) is 8.42 Å². The molecule has 2 aromatic rings. The number of hydrogen-bond acceptors (Lipinski definition) is 5. The first kappa shape index (κ1) is 21.5. The molecule has 0 bridgehead atoms. The van der Waals surface area contributed by atoms with Crippen LogP contribution in [0.15, 0.2) is 52.0 Å². The normalized spacial score (nSPS) is 17.4. The molecule has 7 nitrogen and oxygen atoms in total. The second-order valence-electron chi connectivity index (χ2n) is 7.82. The molecule has 0 aliphatic carbocycles. The summed E-state index contributed by atoms with van der Waals surface area (Å²) in [6.07, 6.45) is 3.36. The summed E-state index contributed by atoms with van der Waals surface area (Å²) in [7, 11) is 0.322. The zero-order valence-electron chi connectivity index (χ0n) is 17.2. The predicted octanol–water partition coefficient (Wildman–Crippen LogP) is 2.73. The van der Waals surface area contributed by atoms with E-state index < -0.39 is 10.0 Å². The van der Waals surface area contributed by atoms with Gasteiger partial charge in [0.05, 0.1) is 17.2 Å². The van der Waals surface area contributed by atoms with Gasteiger partial charge in [0.2, 0.25) is 10.0 Å². The SMILES string of the molecule is CC1CCN(S(=O)(=O)c2ccc(C(=O)NC[C@@H](c3ccco3)N(C)C)cc2)CC1. The van der Waals surface area contributed by atoms with Gasteiger partial charge in [0, 0.05) is 25.2 Å². The lowest BCUT2D eigenvalue weighted by Gasteiger charge is -2.29. The van der Waals surface area contributed by atoms with E-state index in [1.807, 2.05) is 31.1 Å². The lowest BCUT2D eigenvalue weighted by Crippen LogP contribution is -2.37. The molecule has 3 rings (SSSR count). The van der Waals surface area contributed by atoms with Gasteiger partial charge in [-0.15, -0.1) is 0 Å². The van der Waals surface area contributed by atoms with Crippen molar-refractivity contribution in [2.45, 2.75) is 30.7 Å². The Balaban J connectivity index is 1.64. The zero-order valence-corrected chi connectivity index (χ0v) is 18.0. The highest BCUT2D eigenvalue weighted by atomic mass is 32.2. The molecule has 1 amide bonds. The van der Waals surface area contributed by atoms with Crippen molar-refractivity contribution in [2.24, 2.45) is 5.92 Å². The predicted molar refractivity (Wildman–Crippen MR) is 111 cm³/mol. The Morgan fingerprint density at radius 2 is 1.86 bits per heavy atom. The summed E-state index contributed by atoms with van der Waals surface area (Å²) >= 11 is 0. The zero-order chi connectivity index (χ0) is 21.0. The monoisotopic (exact) mass is 419 g/mol. The third kappa shape index (κ3) is 5.07. The first-order valence-corrected chi connectivity index (χ1v) is 11.3. The molecule has 1 N–H and O–H groups in total. The molecule has 2 heterocycles. The van der Waals surface area contributed by atoms with E-state index in [4.69, 9.17) is 4.42 Å². The molecule has 0 unspecified atom stereocenters. The highest BCUT2D eigenvalue weighted by molar-refractivity contribution is 7.89. The van der Waals surface area contributed by atoms with Crippen LogP contribution in [0.4, 0.5) is 0 Å². The van der Waals surface area contributed by atoms with Crippen LogP contribution in [-0.2, 0) is 10.0 Å². The van der Waals surface area contributed by atoms with Crippen LogP contribution < -0.4 is 5.32 Å². The number of rotatable bonds is 7. The maximum atomic E-state index is 12.8. The number of carbonyl (C=O) groups is 1.